The van der Waals surface area contributed by atoms with Gasteiger partial charge in [-0.05, 0) is 82.4 Å². The molecule has 0 fully saturated rings. The number of rotatable bonds is 5. The Kier molecular flexibility index (Phi) is 7.17. The second-order valence-electron chi connectivity index (χ2n) is 8.92. The smallest absolute Gasteiger partial charge is 0.128 e. The summed E-state index contributed by atoms with van der Waals surface area (Å²) < 4.78 is 22.1. The molecule has 2 aromatic rings. The highest BCUT2D eigenvalue weighted by Crippen LogP contribution is 2.31. The van der Waals surface area contributed by atoms with Gasteiger partial charge in [-0.1, -0.05) is 18.6 Å². The third kappa shape index (κ3) is 5.29. The molecule has 2 heterocycles. The van der Waals surface area contributed by atoms with E-state index in [9.17, 15) is 4.39 Å². The van der Waals surface area contributed by atoms with Gasteiger partial charge in [0.25, 0.3) is 0 Å². The zero-order valence-electron chi connectivity index (χ0n) is 20.1. The van der Waals surface area contributed by atoms with Crippen molar-refractivity contribution in [2.75, 3.05) is 13.2 Å². The number of aromatic nitrogens is 2. The van der Waals surface area contributed by atoms with Crippen molar-refractivity contribution in [3.63, 3.8) is 0 Å². The molecule has 1 aromatic carbocycles. The largest absolute Gasteiger partial charge is 0.491 e. The maximum absolute atomic E-state index is 13.8. The SMILES string of the molecule is CC/C(C)=C1\C=C(c2ccc(-n3cnc(C)c3)cc2)OCCN1[C@@H](C)C1=CC=C(F)CCC1. The summed E-state index contributed by atoms with van der Waals surface area (Å²) >= 11 is 0. The highest BCUT2D eigenvalue weighted by Gasteiger charge is 2.24. The molecule has 4 nitrogen and oxygen atoms in total. The van der Waals surface area contributed by atoms with Crippen molar-refractivity contribution in [1.29, 1.82) is 0 Å². The van der Waals surface area contributed by atoms with E-state index in [0.717, 1.165) is 48.5 Å². The van der Waals surface area contributed by atoms with Gasteiger partial charge < -0.3 is 14.2 Å². The van der Waals surface area contributed by atoms with Crippen LogP contribution in [-0.4, -0.2) is 33.6 Å². The molecule has 0 spiro atoms. The number of benzene rings is 1. The van der Waals surface area contributed by atoms with Crippen LogP contribution in [0.2, 0.25) is 0 Å². The van der Waals surface area contributed by atoms with E-state index in [4.69, 9.17) is 4.74 Å². The number of imidazole rings is 1. The lowest BCUT2D eigenvalue weighted by atomic mass is 9.99. The van der Waals surface area contributed by atoms with Gasteiger partial charge in [-0.2, -0.15) is 0 Å². The summed E-state index contributed by atoms with van der Waals surface area (Å²) in [5.41, 5.74) is 6.94. The first-order valence-corrected chi connectivity index (χ1v) is 11.9. The number of ether oxygens (including phenoxy) is 1. The van der Waals surface area contributed by atoms with Gasteiger partial charge in [-0.25, -0.2) is 9.37 Å². The van der Waals surface area contributed by atoms with Crippen molar-refractivity contribution in [2.24, 2.45) is 0 Å². The summed E-state index contributed by atoms with van der Waals surface area (Å²) in [5.74, 6) is 0.870. The molecule has 0 N–H and O–H groups in total. The Bertz CT molecular complexity index is 1100. The molecule has 5 heteroatoms. The maximum Gasteiger partial charge on any atom is 0.128 e. The molecule has 0 radical (unpaired) electrons. The Morgan fingerprint density at radius 1 is 1.18 bits per heavy atom. The highest BCUT2D eigenvalue weighted by atomic mass is 19.1. The van der Waals surface area contributed by atoms with Crippen LogP contribution in [0.15, 0.2) is 77.7 Å². The van der Waals surface area contributed by atoms with E-state index in [1.165, 1.54) is 16.8 Å². The predicted octanol–water partition coefficient (Wildman–Crippen LogP) is 6.89. The van der Waals surface area contributed by atoms with Gasteiger partial charge in [-0.3, -0.25) is 0 Å². The molecule has 1 aliphatic carbocycles. The lowest BCUT2D eigenvalue weighted by Crippen LogP contribution is -2.35. The van der Waals surface area contributed by atoms with E-state index in [-0.39, 0.29) is 11.9 Å². The topological polar surface area (TPSA) is 30.3 Å². The Labute approximate surface area is 196 Å². The van der Waals surface area contributed by atoms with Crippen LogP contribution in [0.4, 0.5) is 4.39 Å². The number of allylic oxidation sites excluding steroid dienone is 5. The fourth-order valence-electron chi connectivity index (χ4n) is 4.48. The van der Waals surface area contributed by atoms with E-state index in [1.807, 2.05) is 30.1 Å². The zero-order valence-corrected chi connectivity index (χ0v) is 20.1. The van der Waals surface area contributed by atoms with Crippen LogP contribution in [0.5, 0.6) is 0 Å². The van der Waals surface area contributed by atoms with Crippen molar-refractivity contribution >= 4 is 5.76 Å². The molecule has 0 saturated carbocycles. The molecular formula is C28H34FN3O. The van der Waals surface area contributed by atoms with Crippen LogP contribution in [0.1, 0.15) is 57.7 Å². The summed E-state index contributed by atoms with van der Waals surface area (Å²) in [6.45, 7) is 10.0. The van der Waals surface area contributed by atoms with E-state index in [2.05, 4.69) is 61.0 Å². The lowest BCUT2D eigenvalue weighted by Gasteiger charge is -2.33. The molecule has 0 unspecified atom stereocenters. The van der Waals surface area contributed by atoms with Crippen molar-refractivity contribution in [3.8, 4) is 5.69 Å². The van der Waals surface area contributed by atoms with E-state index in [0.29, 0.717) is 13.0 Å². The molecule has 1 atom stereocenters. The average Bonchev–Trinajstić information content (AvgIpc) is 3.01. The van der Waals surface area contributed by atoms with Gasteiger partial charge in [0.05, 0.1) is 24.4 Å². The fraction of sp³-hybridized carbons (Fsp3) is 0.393. The Hall–Kier alpha value is -3.08. The molecule has 4 rings (SSSR count). The molecular weight excluding hydrogens is 413 g/mol. The highest BCUT2D eigenvalue weighted by molar-refractivity contribution is 5.64. The van der Waals surface area contributed by atoms with E-state index in [1.54, 1.807) is 6.08 Å². The average molecular weight is 448 g/mol. The molecule has 174 valence electrons. The second kappa shape index (κ2) is 10.2. The van der Waals surface area contributed by atoms with E-state index >= 15 is 0 Å². The van der Waals surface area contributed by atoms with Gasteiger partial charge >= 0.3 is 0 Å². The summed E-state index contributed by atoms with van der Waals surface area (Å²) in [6.07, 6.45) is 13.0. The number of aryl methyl sites for hydroxylation is 1. The standard InChI is InChI=1S/C28H34FN3O/c1-5-20(2)27-17-28(24-10-13-26(14-11-24)31-18-21(3)30-19-31)33-16-15-32(27)22(4)23-7-6-8-25(29)12-9-23/h9-14,17-19,22H,5-8,15-16H2,1-4H3/b27-20+/t22-/m0/s1. The number of halogens is 1. The van der Waals surface area contributed by atoms with Crippen LogP contribution in [0.25, 0.3) is 11.4 Å². The summed E-state index contributed by atoms with van der Waals surface area (Å²) in [5, 5.41) is 0. The van der Waals surface area contributed by atoms with Gasteiger partial charge in [-0.15, -0.1) is 0 Å². The third-order valence-electron chi connectivity index (χ3n) is 6.66. The Morgan fingerprint density at radius 3 is 2.67 bits per heavy atom. The van der Waals surface area contributed by atoms with Gasteiger partial charge in [0.15, 0.2) is 0 Å². The van der Waals surface area contributed by atoms with Crippen molar-refractivity contribution in [2.45, 2.75) is 59.4 Å². The summed E-state index contributed by atoms with van der Waals surface area (Å²) in [6, 6.07) is 8.60. The van der Waals surface area contributed by atoms with Crippen molar-refractivity contribution in [3.05, 3.63) is 88.9 Å². The fourth-order valence-corrected chi connectivity index (χ4v) is 4.48. The summed E-state index contributed by atoms with van der Waals surface area (Å²) in [4.78, 5) is 6.74. The van der Waals surface area contributed by atoms with Crippen LogP contribution in [0, 0.1) is 6.92 Å². The molecule has 1 aromatic heterocycles. The van der Waals surface area contributed by atoms with E-state index < -0.39 is 0 Å². The first-order chi connectivity index (χ1) is 16.0. The Balaban J connectivity index is 1.64. The summed E-state index contributed by atoms with van der Waals surface area (Å²) in [7, 11) is 0. The first-order valence-electron chi connectivity index (χ1n) is 11.9. The van der Waals surface area contributed by atoms with Crippen LogP contribution < -0.4 is 0 Å². The molecule has 0 bridgehead atoms. The first kappa shape index (κ1) is 23.1. The second-order valence-corrected chi connectivity index (χ2v) is 8.92. The van der Waals surface area contributed by atoms with Gasteiger partial charge in [0.2, 0.25) is 0 Å². The predicted molar refractivity (Wildman–Crippen MR) is 133 cm³/mol. The lowest BCUT2D eigenvalue weighted by molar-refractivity contribution is 0.214. The van der Waals surface area contributed by atoms with Crippen molar-refractivity contribution < 1.29 is 9.13 Å². The zero-order chi connectivity index (χ0) is 23.4. The maximum atomic E-state index is 13.8. The molecule has 0 amide bonds. The van der Waals surface area contributed by atoms with Crippen molar-refractivity contribution in [1.82, 2.24) is 14.5 Å². The quantitative estimate of drug-likeness (QED) is 0.500. The van der Waals surface area contributed by atoms with Crippen LogP contribution in [-0.2, 0) is 4.74 Å². The number of nitrogens with zero attached hydrogens (tertiary/aromatic N) is 3. The molecule has 1 aliphatic heterocycles. The molecule has 2 aliphatic rings. The monoisotopic (exact) mass is 447 g/mol. The minimum Gasteiger partial charge on any atom is -0.491 e. The molecule has 0 saturated heterocycles. The third-order valence-corrected chi connectivity index (χ3v) is 6.66. The van der Waals surface area contributed by atoms with Gasteiger partial charge in [0, 0.05) is 35.3 Å². The van der Waals surface area contributed by atoms with Crippen LogP contribution in [0.3, 0.4) is 0 Å². The molecule has 33 heavy (non-hydrogen) atoms. The minimum absolute atomic E-state index is 0.0200. The van der Waals surface area contributed by atoms with Gasteiger partial charge in [0.1, 0.15) is 12.4 Å². The minimum atomic E-state index is -0.0200. The Morgan fingerprint density at radius 2 is 1.97 bits per heavy atom. The number of hydrogen-bond acceptors (Lipinski definition) is 3. The normalized spacial score (nSPS) is 19.5. The van der Waals surface area contributed by atoms with Crippen LogP contribution >= 0.6 is 0 Å². The number of hydrogen-bond donors (Lipinski definition) is 0.